The smallest absolute Gasteiger partial charge is 0.269 e. The summed E-state index contributed by atoms with van der Waals surface area (Å²) in [4.78, 5) is 48.0. The van der Waals surface area contributed by atoms with E-state index in [1.165, 1.54) is 48.5 Å². The van der Waals surface area contributed by atoms with Crippen molar-refractivity contribution in [3.8, 4) is 0 Å². The Morgan fingerprint density at radius 3 is 1.45 bits per heavy atom. The van der Waals surface area contributed by atoms with Crippen molar-refractivity contribution in [3.05, 3.63) is 127 Å². The fourth-order valence-electron chi connectivity index (χ4n) is 4.30. The van der Waals surface area contributed by atoms with Crippen molar-refractivity contribution in [3.63, 3.8) is 0 Å². The molecule has 0 aromatic heterocycles. The lowest BCUT2D eigenvalue weighted by molar-refractivity contribution is -0.385. The zero-order valence-electron chi connectivity index (χ0n) is 20.4. The van der Waals surface area contributed by atoms with Gasteiger partial charge in [0.15, 0.2) is 0 Å². The topological polar surface area (TPSA) is 157 Å². The highest BCUT2D eigenvalue weighted by Gasteiger charge is 2.36. The van der Waals surface area contributed by atoms with Crippen molar-refractivity contribution in [1.29, 1.82) is 0 Å². The molecule has 0 radical (unpaired) electrons. The summed E-state index contributed by atoms with van der Waals surface area (Å²) in [6.07, 6.45) is 0. The molecule has 0 saturated heterocycles. The Hall–Kier alpha value is -5.32. The summed E-state index contributed by atoms with van der Waals surface area (Å²) in [5.74, 6) is -1.70. The van der Waals surface area contributed by atoms with Crippen LogP contribution in [0, 0.1) is 20.2 Å². The molecule has 3 aromatic rings. The lowest BCUT2D eigenvalue weighted by Gasteiger charge is -2.31. The minimum atomic E-state index is -0.742. The molecule has 192 valence electrons. The second-order valence-corrected chi connectivity index (χ2v) is 8.56. The molecule has 0 saturated carbocycles. The Balaban J connectivity index is 1.68. The lowest BCUT2D eigenvalue weighted by Crippen LogP contribution is -2.35. The first-order valence-electron chi connectivity index (χ1n) is 11.5. The average Bonchev–Trinajstić information content (AvgIpc) is 2.89. The second-order valence-electron chi connectivity index (χ2n) is 8.56. The zero-order chi connectivity index (χ0) is 27.4. The van der Waals surface area contributed by atoms with Crippen molar-refractivity contribution in [2.75, 3.05) is 10.6 Å². The first kappa shape index (κ1) is 25.8. The van der Waals surface area contributed by atoms with Gasteiger partial charge in [-0.2, -0.15) is 0 Å². The Bertz CT molecular complexity index is 1390. The zero-order valence-corrected chi connectivity index (χ0v) is 20.4. The molecule has 1 heterocycles. The Morgan fingerprint density at radius 2 is 1.08 bits per heavy atom. The van der Waals surface area contributed by atoms with Crippen LogP contribution in [0.3, 0.4) is 0 Å². The quantitative estimate of drug-likeness (QED) is 0.296. The number of amides is 2. The third-order valence-corrected chi connectivity index (χ3v) is 6.05. The van der Waals surface area contributed by atoms with Crippen molar-refractivity contribution < 1.29 is 19.4 Å². The monoisotopic (exact) mass is 513 g/mol. The summed E-state index contributed by atoms with van der Waals surface area (Å²) in [5, 5.41) is 30.6. The highest BCUT2D eigenvalue weighted by Crippen LogP contribution is 2.39. The van der Waals surface area contributed by atoms with Crippen LogP contribution in [0.25, 0.3) is 0 Å². The minimum Gasteiger partial charge on any atom is -0.362 e. The molecule has 0 unspecified atom stereocenters. The summed E-state index contributed by atoms with van der Waals surface area (Å²) in [5.41, 5.74) is 2.89. The predicted molar refractivity (Wildman–Crippen MR) is 141 cm³/mol. The number of benzene rings is 3. The number of nitro benzene ring substituents is 2. The van der Waals surface area contributed by atoms with Crippen LogP contribution in [-0.2, 0) is 9.59 Å². The molecule has 2 amide bonds. The van der Waals surface area contributed by atoms with Gasteiger partial charge in [0.05, 0.1) is 9.85 Å². The van der Waals surface area contributed by atoms with Crippen LogP contribution in [0.15, 0.2) is 101 Å². The fourth-order valence-corrected chi connectivity index (χ4v) is 4.30. The molecule has 0 fully saturated rings. The van der Waals surface area contributed by atoms with E-state index in [2.05, 4.69) is 16.0 Å². The lowest BCUT2D eigenvalue weighted by atomic mass is 9.79. The van der Waals surface area contributed by atoms with Crippen molar-refractivity contribution >= 4 is 34.6 Å². The second kappa shape index (κ2) is 10.7. The average molecular weight is 514 g/mol. The summed E-state index contributed by atoms with van der Waals surface area (Å²) >= 11 is 0. The number of rotatable bonds is 7. The molecular formula is C27H23N5O6. The molecule has 3 aromatic carbocycles. The van der Waals surface area contributed by atoms with E-state index in [4.69, 9.17) is 0 Å². The van der Waals surface area contributed by atoms with Gasteiger partial charge in [0.1, 0.15) is 0 Å². The van der Waals surface area contributed by atoms with Crippen LogP contribution in [0.4, 0.5) is 22.7 Å². The number of carbonyl (C=O) groups is 2. The SMILES string of the molecule is CC1=C(C(=O)Nc2ccc([N+](=O)[O-])cc2)C(c2ccccc2)C(C(=O)Nc2ccc([N+](=O)[O-])cc2)=C(C)N1. The molecular weight excluding hydrogens is 490 g/mol. The molecule has 0 spiro atoms. The third-order valence-electron chi connectivity index (χ3n) is 6.05. The van der Waals surface area contributed by atoms with Crippen molar-refractivity contribution in [2.24, 2.45) is 0 Å². The van der Waals surface area contributed by atoms with Crippen LogP contribution in [0.1, 0.15) is 25.3 Å². The Kier molecular flexibility index (Phi) is 7.28. The van der Waals surface area contributed by atoms with Crippen LogP contribution in [-0.4, -0.2) is 21.7 Å². The first-order valence-corrected chi connectivity index (χ1v) is 11.5. The summed E-state index contributed by atoms with van der Waals surface area (Å²) in [6, 6.07) is 20.0. The van der Waals surface area contributed by atoms with E-state index < -0.39 is 27.6 Å². The van der Waals surface area contributed by atoms with Gasteiger partial charge in [0, 0.05) is 64.1 Å². The van der Waals surface area contributed by atoms with Crippen LogP contribution in [0.2, 0.25) is 0 Å². The van der Waals surface area contributed by atoms with Gasteiger partial charge in [-0.05, 0) is 43.7 Å². The highest BCUT2D eigenvalue weighted by atomic mass is 16.6. The minimum absolute atomic E-state index is 0.108. The van der Waals surface area contributed by atoms with E-state index in [-0.39, 0.29) is 11.4 Å². The molecule has 0 atom stereocenters. The van der Waals surface area contributed by atoms with E-state index in [0.717, 1.165) is 0 Å². The molecule has 1 aliphatic heterocycles. The number of hydrogen-bond donors (Lipinski definition) is 3. The number of anilines is 2. The number of carbonyl (C=O) groups excluding carboxylic acids is 2. The van der Waals surface area contributed by atoms with E-state index in [0.29, 0.717) is 39.5 Å². The van der Waals surface area contributed by atoms with Gasteiger partial charge in [0.2, 0.25) is 0 Å². The molecule has 0 aliphatic carbocycles. The van der Waals surface area contributed by atoms with E-state index in [9.17, 15) is 29.8 Å². The number of non-ortho nitro benzene ring substituents is 2. The largest absolute Gasteiger partial charge is 0.362 e. The highest BCUT2D eigenvalue weighted by molar-refractivity contribution is 6.11. The summed E-state index contributed by atoms with van der Waals surface area (Å²) in [6.45, 7) is 3.46. The number of nitrogens with zero attached hydrogens (tertiary/aromatic N) is 2. The number of nitro groups is 2. The van der Waals surface area contributed by atoms with Gasteiger partial charge in [-0.15, -0.1) is 0 Å². The van der Waals surface area contributed by atoms with Gasteiger partial charge in [-0.3, -0.25) is 29.8 Å². The molecule has 38 heavy (non-hydrogen) atoms. The number of dihydropyridines is 1. The molecule has 0 bridgehead atoms. The normalized spacial score (nSPS) is 13.5. The number of nitrogens with one attached hydrogen (secondary N) is 3. The molecule has 4 rings (SSSR count). The Morgan fingerprint density at radius 1 is 0.684 bits per heavy atom. The van der Waals surface area contributed by atoms with Gasteiger partial charge in [-0.25, -0.2) is 0 Å². The molecule has 11 nitrogen and oxygen atoms in total. The maximum Gasteiger partial charge on any atom is 0.269 e. The van der Waals surface area contributed by atoms with Crippen molar-refractivity contribution in [2.45, 2.75) is 19.8 Å². The fraction of sp³-hybridized carbons (Fsp3) is 0.111. The maximum absolute atomic E-state index is 13.6. The van der Waals surface area contributed by atoms with Gasteiger partial charge >= 0.3 is 0 Å². The van der Waals surface area contributed by atoms with Crippen LogP contribution in [0.5, 0.6) is 0 Å². The van der Waals surface area contributed by atoms with E-state index >= 15 is 0 Å². The third kappa shape index (κ3) is 5.41. The van der Waals surface area contributed by atoms with E-state index in [1.54, 1.807) is 26.0 Å². The summed E-state index contributed by atoms with van der Waals surface area (Å²) in [7, 11) is 0. The van der Waals surface area contributed by atoms with Gasteiger partial charge in [0.25, 0.3) is 23.2 Å². The maximum atomic E-state index is 13.6. The predicted octanol–water partition coefficient (Wildman–Crippen LogP) is 5.02. The first-order chi connectivity index (χ1) is 18.2. The number of allylic oxidation sites excluding steroid dienone is 2. The molecule has 1 aliphatic rings. The summed E-state index contributed by atoms with van der Waals surface area (Å²) < 4.78 is 0. The number of hydrogen-bond acceptors (Lipinski definition) is 7. The van der Waals surface area contributed by atoms with E-state index in [1.807, 2.05) is 18.2 Å². The molecule has 11 heteroatoms. The van der Waals surface area contributed by atoms with Gasteiger partial charge < -0.3 is 16.0 Å². The van der Waals surface area contributed by atoms with Crippen molar-refractivity contribution in [1.82, 2.24) is 5.32 Å². The molecule has 3 N–H and O–H groups in total. The Labute approximate surface area is 217 Å². The standard InChI is InChI=1S/C27H23N5O6/c1-16-23(26(33)29-19-8-12-21(13-9-19)31(35)36)25(18-6-4-3-5-7-18)24(17(2)28-16)27(34)30-20-10-14-22(15-11-20)32(37)38/h3-15,25,28H,1-2H3,(H,29,33)(H,30,34). The van der Waals surface area contributed by atoms with Gasteiger partial charge in [-0.1, -0.05) is 30.3 Å². The van der Waals surface area contributed by atoms with Crippen LogP contribution >= 0.6 is 0 Å². The van der Waals surface area contributed by atoms with Crippen LogP contribution < -0.4 is 16.0 Å².